The number of para-hydroxylation sites is 1. The van der Waals surface area contributed by atoms with E-state index >= 15 is 0 Å². The van der Waals surface area contributed by atoms with E-state index in [1.807, 2.05) is 56.5 Å². The Labute approximate surface area is 214 Å². The van der Waals surface area contributed by atoms with E-state index < -0.39 is 17.4 Å². The highest BCUT2D eigenvalue weighted by Gasteiger charge is 2.19. The lowest BCUT2D eigenvalue weighted by Crippen LogP contribution is -2.39. The Hall–Kier alpha value is -4.57. The fourth-order valence-electron chi connectivity index (χ4n) is 3.95. The van der Waals surface area contributed by atoms with Crippen molar-refractivity contribution >= 4 is 39.3 Å². The zero-order valence-electron chi connectivity index (χ0n) is 21.4. The van der Waals surface area contributed by atoms with Gasteiger partial charge in [-0.1, -0.05) is 31.4 Å². The molecule has 0 radical (unpaired) electrons. The number of aryl methyl sites for hydroxylation is 1. The van der Waals surface area contributed by atoms with E-state index in [0.717, 1.165) is 26.6 Å². The topological polar surface area (TPSA) is 105 Å². The highest BCUT2D eigenvalue weighted by molar-refractivity contribution is 6.15. The van der Waals surface area contributed by atoms with E-state index in [2.05, 4.69) is 28.6 Å². The molecule has 0 fully saturated rings. The van der Waals surface area contributed by atoms with Crippen LogP contribution in [0.25, 0.3) is 38.6 Å². The van der Waals surface area contributed by atoms with Gasteiger partial charge in [-0.3, -0.25) is 23.6 Å². The van der Waals surface area contributed by atoms with Crippen LogP contribution in [0.3, 0.4) is 0 Å². The predicted octanol–water partition coefficient (Wildman–Crippen LogP) is 2.07. The molecular formula is C27H29N7O3. The summed E-state index contributed by atoms with van der Waals surface area (Å²) in [5, 5.41) is 8.14. The molecule has 0 aliphatic rings. The summed E-state index contributed by atoms with van der Waals surface area (Å²) in [5.74, 6) is -1.15. The fraction of sp³-hybridized carbons (Fsp3) is 0.222. The van der Waals surface area contributed by atoms with E-state index in [4.69, 9.17) is 0 Å². The minimum absolute atomic E-state index is 0.109. The molecule has 37 heavy (non-hydrogen) atoms. The van der Waals surface area contributed by atoms with Crippen LogP contribution in [-0.4, -0.2) is 75.2 Å². The van der Waals surface area contributed by atoms with Crippen molar-refractivity contribution in [2.24, 2.45) is 7.05 Å². The maximum Gasteiger partial charge on any atom is 0.272 e. The maximum absolute atomic E-state index is 13.3. The molecule has 0 aliphatic heterocycles. The highest BCUT2D eigenvalue weighted by Crippen LogP contribution is 2.28. The van der Waals surface area contributed by atoms with Crippen LogP contribution in [0.1, 0.15) is 0 Å². The maximum atomic E-state index is 13.3. The van der Waals surface area contributed by atoms with Gasteiger partial charge in [0.25, 0.3) is 17.4 Å². The summed E-state index contributed by atoms with van der Waals surface area (Å²) >= 11 is 0. The summed E-state index contributed by atoms with van der Waals surface area (Å²) in [6.07, 6.45) is 3.19. The molecule has 10 nitrogen and oxygen atoms in total. The molecule has 0 atom stereocenters. The molecule has 190 valence electrons. The minimum Gasteiger partial charge on any atom is -0.339 e. The van der Waals surface area contributed by atoms with Crippen molar-refractivity contribution in [1.82, 2.24) is 34.4 Å². The van der Waals surface area contributed by atoms with E-state index in [1.165, 1.54) is 11.2 Å². The van der Waals surface area contributed by atoms with Crippen LogP contribution in [-0.2, 0) is 16.6 Å². The average Bonchev–Trinajstić information content (AvgIpc) is 3.25. The van der Waals surface area contributed by atoms with E-state index in [-0.39, 0.29) is 11.4 Å². The van der Waals surface area contributed by atoms with Crippen LogP contribution in [0.4, 0.5) is 0 Å². The molecule has 2 aromatic heterocycles. The number of rotatable bonds is 8. The summed E-state index contributed by atoms with van der Waals surface area (Å²) in [4.78, 5) is 46.5. The number of fused-ring (bicyclic) bond motifs is 2. The van der Waals surface area contributed by atoms with Crippen molar-refractivity contribution in [1.29, 1.82) is 0 Å². The van der Waals surface area contributed by atoms with Gasteiger partial charge in [0.05, 0.1) is 22.1 Å². The normalized spacial score (nSPS) is 11.2. The number of hydrogen-bond donors (Lipinski definition) is 1. The van der Waals surface area contributed by atoms with Crippen LogP contribution in [0.2, 0.25) is 0 Å². The third-order valence-corrected chi connectivity index (χ3v) is 6.02. The van der Waals surface area contributed by atoms with Crippen molar-refractivity contribution in [3.8, 4) is 11.1 Å². The molecule has 1 N–H and O–H groups in total. The molecule has 0 saturated heterocycles. The molecule has 2 amide bonds. The van der Waals surface area contributed by atoms with Crippen LogP contribution in [0, 0.1) is 0 Å². The standard InChI is InChI=1S/C27H29N7O3/c1-17(26(36)32(5)13-12-31(3)4)29-25(35)18(2)34-16-28-24-21(8-7-9-22(24)27(34)37)19-10-11-23-20(14-19)15-33(6)30-23/h7-11,14-16H,1-2,12-13H2,3-6H3,(H,29,35). The van der Waals surface area contributed by atoms with Crippen molar-refractivity contribution < 1.29 is 9.59 Å². The van der Waals surface area contributed by atoms with Crippen molar-refractivity contribution in [2.75, 3.05) is 34.2 Å². The summed E-state index contributed by atoms with van der Waals surface area (Å²) in [6, 6.07) is 11.2. The van der Waals surface area contributed by atoms with Crippen LogP contribution < -0.4 is 10.9 Å². The lowest BCUT2D eigenvalue weighted by atomic mass is 10.0. The van der Waals surface area contributed by atoms with Gasteiger partial charge in [-0.25, -0.2) is 4.98 Å². The Morgan fingerprint density at radius 1 is 1.08 bits per heavy atom. The van der Waals surface area contributed by atoms with E-state index in [9.17, 15) is 14.4 Å². The minimum atomic E-state index is -0.721. The summed E-state index contributed by atoms with van der Waals surface area (Å²) in [6.45, 7) is 8.55. The van der Waals surface area contributed by atoms with Crippen molar-refractivity contribution in [3.63, 3.8) is 0 Å². The molecule has 2 heterocycles. The molecule has 0 saturated carbocycles. The lowest BCUT2D eigenvalue weighted by Gasteiger charge is -2.21. The second kappa shape index (κ2) is 10.2. The second-order valence-corrected chi connectivity index (χ2v) is 9.11. The Bertz CT molecular complexity index is 1610. The number of nitrogens with zero attached hydrogens (tertiary/aromatic N) is 6. The van der Waals surface area contributed by atoms with E-state index in [0.29, 0.717) is 24.0 Å². The first-order valence-corrected chi connectivity index (χ1v) is 11.6. The number of likely N-dealkylation sites (N-methyl/N-ethyl adjacent to an activating group) is 2. The molecule has 0 spiro atoms. The third kappa shape index (κ3) is 5.19. The quantitative estimate of drug-likeness (QED) is 0.372. The van der Waals surface area contributed by atoms with Crippen molar-refractivity contribution in [3.05, 3.63) is 78.1 Å². The van der Waals surface area contributed by atoms with Crippen LogP contribution in [0.15, 0.2) is 72.6 Å². The Kier molecular flexibility index (Phi) is 7.03. The molecule has 0 unspecified atom stereocenters. The zero-order valence-corrected chi connectivity index (χ0v) is 21.4. The molecule has 4 rings (SSSR count). The van der Waals surface area contributed by atoms with E-state index in [1.54, 1.807) is 23.9 Å². The Balaban J connectivity index is 1.58. The smallest absolute Gasteiger partial charge is 0.272 e. The first-order chi connectivity index (χ1) is 17.6. The lowest BCUT2D eigenvalue weighted by molar-refractivity contribution is -0.127. The first-order valence-electron chi connectivity index (χ1n) is 11.6. The molecule has 10 heteroatoms. The molecule has 0 bridgehead atoms. The van der Waals surface area contributed by atoms with Gasteiger partial charge in [0.1, 0.15) is 12.0 Å². The SMILES string of the molecule is C=C(NC(=O)C(=C)n1cnc2c(-c3ccc4nn(C)cc4c3)cccc2c1=O)C(=O)N(C)CCN(C)C. The van der Waals surface area contributed by atoms with Gasteiger partial charge in [-0.05, 0) is 37.9 Å². The molecule has 4 aromatic rings. The van der Waals surface area contributed by atoms with Gasteiger partial charge in [0.15, 0.2) is 0 Å². The first kappa shape index (κ1) is 25.5. The van der Waals surface area contributed by atoms with Crippen LogP contribution >= 0.6 is 0 Å². The van der Waals surface area contributed by atoms with Gasteiger partial charge >= 0.3 is 0 Å². The number of carbonyl (C=O) groups excluding carboxylic acids is 2. The van der Waals surface area contributed by atoms with Gasteiger partial charge in [-0.15, -0.1) is 0 Å². The molecule has 0 aliphatic carbocycles. The van der Waals surface area contributed by atoms with Gasteiger partial charge in [-0.2, -0.15) is 5.10 Å². The fourth-order valence-corrected chi connectivity index (χ4v) is 3.95. The Morgan fingerprint density at radius 3 is 2.57 bits per heavy atom. The second-order valence-electron chi connectivity index (χ2n) is 9.11. The average molecular weight is 500 g/mol. The number of amides is 2. The summed E-state index contributed by atoms with van der Waals surface area (Å²) in [7, 11) is 7.28. The van der Waals surface area contributed by atoms with Crippen molar-refractivity contribution in [2.45, 2.75) is 0 Å². The zero-order chi connectivity index (χ0) is 26.9. The van der Waals surface area contributed by atoms with Gasteiger partial charge in [0.2, 0.25) is 0 Å². The third-order valence-electron chi connectivity index (χ3n) is 6.02. The van der Waals surface area contributed by atoms with Crippen LogP contribution in [0.5, 0.6) is 0 Å². The predicted molar refractivity (Wildman–Crippen MR) is 145 cm³/mol. The Morgan fingerprint density at radius 2 is 1.84 bits per heavy atom. The number of aromatic nitrogens is 4. The largest absolute Gasteiger partial charge is 0.339 e. The monoisotopic (exact) mass is 499 g/mol. The summed E-state index contributed by atoms with van der Waals surface area (Å²) < 4.78 is 2.81. The highest BCUT2D eigenvalue weighted by atomic mass is 16.2. The number of benzene rings is 2. The van der Waals surface area contributed by atoms with Gasteiger partial charge < -0.3 is 15.1 Å². The molecule has 2 aromatic carbocycles. The summed E-state index contributed by atoms with van der Waals surface area (Å²) in [5.41, 5.74) is 2.31. The van der Waals surface area contributed by atoms with Gasteiger partial charge in [0, 0.05) is 44.3 Å². The number of carbonyl (C=O) groups is 2. The number of hydrogen-bond acceptors (Lipinski definition) is 6. The molecular weight excluding hydrogens is 470 g/mol. The number of nitrogens with one attached hydrogen (secondary N) is 1.